The fraction of sp³-hybridized carbons (Fsp3) is 0.571. The highest BCUT2D eigenvalue weighted by molar-refractivity contribution is 5.19. The predicted octanol–water partition coefficient (Wildman–Crippen LogP) is 2.53. The number of nitrogens with zero attached hydrogens (tertiary/aromatic N) is 1. The first-order valence-electron chi connectivity index (χ1n) is 6.06. The zero-order valence-electron chi connectivity index (χ0n) is 10.9. The van der Waals surface area contributed by atoms with Gasteiger partial charge in [0.1, 0.15) is 0 Å². The molecule has 0 saturated heterocycles. The largest absolute Gasteiger partial charge is 0.318 e. The Morgan fingerprint density at radius 1 is 1.19 bits per heavy atom. The van der Waals surface area contributed by atoms with E-state index >= 15 is 0 Å². The van der Waals surface area contributed by atoms with Gasteiger partial charge in [-0.15, -0.1) is 0 Å². The van der Waals surface area contributed by atoms with Crippen LogP contribution in [0.2, 0.25) is 0 Å². The average molecular weight is 220 g/mol. The van der Waals surface area contributed by atoms with Crippen LogP contribution in [0.3, 0.4) is 0 Å². The van der Waals surface area contributed by atoms with Crippen molar-refractivity contribution in [3.63, 3.8) is 0 Å². The van der Waals surface area contributed by atoms with Crippen molar-refractivity contribution in [2.24, 2.45) is 5.92 Å². The summed E-state index contributed by atoms with van der Waals surface area (Å²) in [5, 5.41) is 3.20. The molecule has 0 fully saturated rings. The Morgan fingerprint density at radius 2 is 1.81 bits per heavy atom. The van der Waals surface area contributed by atoms with Crippen LogP contribution in [0.4, 0.5) is 0 Å². The van der Waals surface area contributed by atoms with E-state index in [1.165, 1.54) is 5.56 Å². The van der Waals surface area contributed by atoms with Crippen molar-refractivity contribution in [1.29, 1.82) is 0 Å². The summed E-state index contributed by atoms with van der Waals surface area (Å²) in [6.07, 6.45) is 0. The van der Waals surface area contributed by atoms with Crippen LogP contribution < -0.4 is 5.32 Å². The molecule has 0 bridgehead atoms. The maximum Gasteiger partial charge on any atom is 0.0368 e. The minimum absolute atomic E-state index is 0.509. The fourth-order valence-electron chi connectivity index (χ4n) is 2.23. The summed E-state index contributed by atoms with van der Waals surface area (Å²) in [4.78, 5) is 2.43. The van der Waals surface area contributed by atoms with E-state index in [-0.39, 0.29) is 0 Å². The lowest BCUT2D eigenvalue weighted by Gasteiger charge is -2.31. The molecule has 0 aliphatic carbocycles. The summed E-state index contributed by atoms with van der Waals surface area (Å²) < 4.78 is 0. The Hall–Kier alpha value is -0.860. The smallest absolute Gasteiger partial charge is 0.0368 e. The molecule has 0 amide bonds. The second-order valence-electron chi connectivity index (χ2n) is 4.68. The second kappa shape index (κ2) is 6.66. The first-order chi connectivity index (χ1) is 7.66. The maximum absolute atomic E-state index is 3.20. The zero-order chi connectivity index (χ0) is 12.0. The molecule has 0 aliphatic rings. The minimum Gasteiger partial charge on any atom is -0.318 e. The molecule has 16 heavy (non-hydrogen) atoms. The normalized spacial score (nSPS) is 13.4. The molecule has 0 saturated carbocycles. The van der Waals surface area contributed by atoms with Crippen molar-refractivity contribution in [2.45, 2.75) is 19.9 Å². The monoisotopic (exact) mass is 220 g/mol. The molecule has 1 aromatic carbocycles. The van der Waals surface area contributed by atoms with E-state index in [1.54, 1.807) is 0 Å². The molecule has 2 heteroatoms. The van der Waals surface area contributed by atoms with Crippen molar-refractivity contribution < 1.29 is 0 Å². The van der Waals surface area contributed by atoms with Crippen molar-refractivity contribution >= 4 is 0 Å². The Kier molecular flexibility index (Phi) is 5.50. The summed E-state index contributed by atoms with van der Waals surface area (Å²) in [7, 11) is 4.20. The molecule has 0 spiro atoms. The van der Waals surface area contributed by atoms with Gasteiger partial charge in [-0.25, -0.2) is 0 Å². The highest BCUT2D eigenvalue weighted by Gasteiger charge is 2.19. The topological polar surface area (TPSA) is 15.3 Å². The molecule has 90 valence electrons. The summed E-state index contributed by atoms with van der Waals surface area (Å²) in [6.45, 7) is 6.68. The van der Waals surface area contributed by atoms with Gasteiger partial charge in [0.05, 0.1) is 0 Å². The van der Waals surface area contributed by atoms with Crippen molar-refractivity contribution in [1.82, 2.24) is 10.2 Å². The van der Waals surface area contributed by atoms with Crippen LogP contribution in [0, 0.1) is 5.92 Å². The van der Waals surface area contributed by atoms with Crippen LogP contribution in [0.1, 0.15) is 25.5 Å². The number of likely N-dealkylation sites (N-methyl/N-ethyl adjacent to an activating group) is 2. The average Bonchev–Trinajstić information content (AvgIpc) is 2.27. The fourth-order valence-corrected chi connectivity index (χ4v) is 2.23. The van der Waals surface area contributed by atoms with Gasteiger partial charge >= 0.3 is 0 Å². The number of hydrogen-bond acceptors (Lipinski definition) is 2. The Labute approximate surface area is 99.7 Å². The molecular weight excluding hydrogens is 196 g/mol. The Morgan fingerprint density at radius 3 is 2.31 bits per heavy atom. The van der Waals surface area contributed by atoms with E-state index in [0.717, 1.165) is 13.1 Å². The van der Waals surface area contributed by atoms with Gasteiger partial charge in [-0.3, -0.25) is 4.90 Å². The third kappa shape index (κ3) is 3.62. The van der Waals surface area contributed by atoms with Crippen LogP contribution in [0.25, 0.3) is 0 Å². The predicted molar refractivity (Wildman–Crippen MR) is 70.6 cm³/mol. The number of benzene rings is 1. The van der Waals surface area contributed by atoms with Crippen LogP contribution in [-0.4, -0.2) is 32.1 Å². The van der Waals surface area contributed by atoms with Crippen molar-refractivity contribution in [3.8, 4) is 0 Å². The molecule has 1 rings (SSSR count). The molecule has 1 unspecified atom stereocenters. The van der Waals surface area contributed by atoms with Crippen LogP contribution >= 0.6 is 0 Å². The highest BCUT2D eigenvalue weighted by atomic mass is 15.1. The molecular formula is C14H24N2. The molecule has 1 aromatic rings. The lowest BCUT2D eigenvalue weighted by Crippen LogP contribution is -2.33. The van der Waals surface area contributed by atoms with E-state index in [4.69, 9.17) is 0 Å². The van der Waals surface area contributed by atoms with Gasteiger partial charge in [0.2, 0.25) is 0 Å². The van der Waals surface area contributed by atoms with E-state index < -0.39 is 0 Å². The minimum atomic E-state index is 0.509. The first-order valence-corrected chi connectivity index (χ1v) is 6.06. The molecule has 0 aromatic heterocycles. The number of nitrogens with one attached hydrogen (secondary N) is 1. The van der Waals surface area contributed by atoms with E-state index in [1.807, 2.05) is 7.05 Å². The summed E-state index contributed by atoms with van der Waals surface area (Å²) in [5.41, 5.74) is 1.41. The molecule has 1 atom stereocenters. The van der Waals surface area contributed by atoms with E-state index in [9.17, 15) is 0 Å². The standard InChI is InChI=1S/C14H24N2/c1-12(2)14(16(4)11-10-15-3)13-8-6-5-7-9-13/h5-9,12,14-15H,10-11H2,1-4H3. The molecule has 2 nitrogen and oxygen atoms in total. The molecule has 0 radical (unpaired) electrons. The van der Waals surface area contributed by atoms with Crippen molar-refractivity contribution in [3.05, 3.63) is 35.9 Å². The van der Waals surface area contributed by atoms with Crippen LogP contribution in [0.15, 0.2) is 30.3 Å². The van der Waals surface area contributed by atoms with Crippen LogP contribution in [-0.2, 0) is 0 Å². The SMILES string of the molecule is CNCCN(C)C(c1ccccc1)C(C)C. The molecule has 1 N–H and O–H groups in total. The first kappa shape index (κ1) is 13.2. The van der Waals surface area contributed by atoms with Gasteiger partial charge in [-0.2, -0.15) is 0 Å². The second-order valence-corrected chi connectivity index (χ2v) is 4.68. The van der Waals surface area contributed by atoms with Gasteiger partial charge in [0.25, 0.3) is 0 Å². The van der Waals surface area contributed by atoms with Gasteiger partial charge in [0, 0.05) is 19.1 Å². The maximum atomic E-state index is 3.20. The molecule has 0 heterocycles. The zero-order valence-corrected chi connectivity index (χ0v) is 10.9. The third-order valence-electron chi connectivity index (χ3n) is 2.96. The summed E-state index contributed by atoms with van der Waals surface area (Å²) >= 11 is 0. The summed E-state index contributed by atoms with van der Waals surface area (Å²) in [6, 6.07) is 11.3. The van der Waals surface area contributed by atoms with Gasteiger partial charge < -0.3 is 5.32 Å². The Bertz CT molecular complexity index is 282. The van der Waals surface area contributed by atoms with E-state index in [2.05, 4.69) is 61.4 Å². The third-order valence-corrected chi connectivity index (χ3v) is 2.96. The van der Waals surface area contributed by atoms with Crippen molar-refractivity contribution in [2.75, 3.05) is 27.2 Å². The van der Waals surface area contributed by atoms with Gasteiger partial charge in [0.15, 0.2) is 0 Å². The van der Waals surface area contributed by atoms with Gasteiger partial charge in [-0.05, 0) is 25.6 Å². The van der Waals surface area contributed by atoms with Crippen LogP contribution in [0.5, 0.6) is 0 Å². The lowest BCUT2D eigenvalue weighted by molar-refractivity contribution is 0.195. The van der Waals surface area contributed by atoms with Gasteiger partial charge in [-0.1, -0.05) is 44.2 Å². The quantitative estimate of drug-likeness (QED) is 0.792. The Balaban J connectivity index is 2.75. The number of rotatable bonds is 6. The highest BCUT2D eigenvalue weighted by Crippen LogP contribution is 2.26. The molecule has 0 aliphatic heterocycles. The summed E-state index contributed by atoms with van der Waals surface area (Å²) in [5.74, 6) is 0.629. The number of hydrogen-bond donors (Lipinski definition) is 1. The lowest BCUT2D eigenvalue weighted by atomic mass is 9.95. The van der Waals surface area contributed by atoms with E-state index in [0.29, 0.717) is 12.0 Å².